The lowest BCUT2D eigenvalue weighted by atomic mass is 9.89. The molecule has 2 aromatic rings. The van der Waals surface area contributed by atoms with Gasteiger partial charge in [0.25, 0.3) is 5.56 Å². The van der Waals surface area contributed by atoms with Crippen LogP contribution in [0.5, 0.6) is 0 Å². The molecule has 0 saturated heterocycles. The van der Waals surface area contributed by atoms with Crippen LogP contribution in [0.4, 0.5) is 0 Å². The number of aromatic nitrogens is 4. The molecule has 0 aromatic carbocycles. The van der Waals surface area contributed by atoms with Crippen LogP contribution >= 0.6 is 0 Å². The number of carbonyl (C=O) groups excluding carboxylic acids is 1. The third-order valence-electron chi connectivity index (χ3n) is 4.30. The summed E-state index contributed by atoms with van der Waals surface area (Å²) in [7, 11) is 0. The van der Waals surface area contributed by atoms with Gasteiger partial charge in [-0.05, 0) is 25.7 Å². The number of rotatable bonds is 3. The van der Waals surface area contributed by atoms with Gasteiger partial charge in [0.1, 0.15) is 5.82 Å². The zero-order chi connectivity index (χ0) is 15.0. The number of fused-ring (bicyclic) bond motifs is 1. The van der Waals surface area contributed by atoms with Crippen molar-refractivity contribution in [2.75, 3.05) is 0 Å². The summed E-state index contributed by atoms with van der Waals surface area (Å²) in [6.45, 7) is 4.12. The number of H-pyrrole nitrogens is 1. The van der Waals surface area contributed by atoms with E-state index in [2.05, 4.69) is 15.0 Å². The molecule has 0 bridgehead atoms. The van der Waals surface area contributed by atoms with Crippen LogP contribution in [0.1, 0.15) is 55.5 Å². The number of aromatic amines is 1. The molecule has 112 valence electrons. The van der Waals surface area contributed by atoms with Gasteiger partial charge in [-0.1, -0.05) is 19.3 Å². The summed E-state index contributed by atoms with van der Waals surface area (Å²) in [6, 6.07) is 0. The van der Waals surface area contributed by atoms with Crippen LogP contribution in [0.2, 0.25) is 0 Å². The Morgan fingerprint density at radius 1 is 1.29 bits per heavy atom. The highest BCUT2D eigenvalue weighted by Crippen LogP contribution is 2.26. The third kappa shape index (κ3) is 2.62. The quantitative estimate of drug-likeness (QED) is 0.878. The lowest BCUT2D eigenvalue weighted by molar-refractivity contribution is 0.100. The van der Waals surface area contributed by atoms with E-state index in [0.717, 1.165) is 12.4 Å². The monoisotopic (exact) mass is 288 g/mol. The van der Waals surface area contributed by atoms with Gasteiger partial charge in [-0.15, -0.1) is 0 Å². The van der Waals surface area contributed by atoms with Crippen molar-refractivity contribution in [2.24, 2.45) is 5.92 Å². The van der Waals surface area contributed by atoms with Crippen molar-refractivity contribution in [1.29, 1.82) is 0 Å². The maximum absolute atomic E-state index is 12.0. The molecule has 1 fully saturated rings. The topological polar surface area (TPSA) is 80.6 Å². The fourth-order valence-corrected chi connectivity index (χ4v) is 3.13. The summed E-state index contributed by atoms with van der Waals surface area (Å²) in [5.41, 5.74) is 0.524. The fourth-order valence-electron chi connectivity index (χ4n) is 3.13. The number of Topliss-reactive ketones (excluding diaryl/α,β-unsaturated/α-hetero) is 1. The van der Waals surface area contributed by atoms with Gasteiger partial charge >= 0.3 is 0 Å². The number of hydrogen-bond acceptors (Lipinski definition) is 4. The number of nitrogens with zero attached hydrogens (tertiary/aromatic N) is 3. The van der Waals surface area contributed by atoms with E-state index in [1.807, 2.05) is 11.5 Å². The van der Waals surface area contributed by atoms with Gasteiger partial charge in [-0.25, -0.2) is 9.97 Å². The minimum atomic E-state index is -0.337. The summed E-state index contributed by atoms with van der Waals surface area (Å²) in [6.07, 6.45) is 6.27. The van der Waals surface area contributed by atoms with Gasteiger partial charge in [-0.3, -0.25) is 9.59 Å². The van der Waals surface area contributed by atoms with Crippen LogP contribution in [0.15, 0.2) is 4.79 Å². The number of ketones is 1. The Morgan fingerprint density at radius 2 is 2.00 bits per heavy atom. The highest BCUT2D eigenvalue weighted by molar-refractivity contribution is 5.91. The van der Waals surface area contributed by atoms with Crippen molar-refractivity contribution in [2.45, 2.75) is 52.5 Å². The molecule has 6 nitrogen and oxygen atoms in total. The van der Waals surface area contributed by atoms with Crippen LogP contribution in [0.25, 0.3) is 11.2 Å². The molecule has 0 aliphatic heterocycles. The van der Waals surface area contributed by atoms with E-state index in [1.54, 1.807) is 0 Å². The van der Waals surface area contributed by atoms with E-state index in [4.69, 9.17) is 0 Å². The molecule has 0 amide bonds. The molecule has 2 aromatic heterocycles. The molecule has 0 unspecified atom stereocenters. The first-order chi connectivity index (χ1) is 10.1. The average Bonchev–Trinajstić information content (AvgIpc) is 2.77. The summed E-state index contributed by atoms with van der Waals surface area (Å²) in [5, 5.41) is 0. The SMILES string of the molecule is CC(=O)c1nc2c(nc(C)n2CC2CCCCC2)c(=O)[nH]1. The molecule has 1 N–H and O–H groups in total. The Morgan fingerprint density at radius 3 is 2.67 bits per heavy atom. The zero-order valence-corrected chi connectivity index (χ0v) is 12.5. The average molecular weight is 288 g/mol. The minimum absolute atomic E-state index is 0.109. The predicted octanol–water partition coefficient (Wildman–Crippen LogP) is 2.21. The molecule has 1 saturated carbocycles. The Hall–Kier alpha value is -1.98. The first-order valence-corrected chi connectivity index (χ1v) is 7.54. The minimum Gasteiger partial charge on any atom is -0.312 e. The zero-order valence-electron chi connectivity index (χ0n) is 12.5. The second-order valence-corrected chi connectivity index (χ2v) is 5.92. The van der Waals surface area contributed by atoms with Crippen LogP contribution in [-0.2, 0) is 6.54 Å². The van der Waals surface area contributed by atoms with Crippen LogP contribution in [0, 0.1) is 12.8 Å². The predicted molar refractivity (Wildman–Crippen MR) is 79.5 cm³/mol. The molecule has 0 atom stereocenters. The van der Waals surface area contributed by atoms with Gasteiger partial charge in [0.2, 0.25) is 0 Å². The van der Waals surface area contributed by atoms with Crippen molar-refractivity contribution >= 4 is 16.9 Å². The van der Waals surface area contributed by atoms with E-state index in [1.165, 1.54) is 39.0 Å². The van der Waals surface area contributed by atoms with Crippen LogP contribution in [0.3, 0.4) is 0 Å². The number of carbonyl (C=O) groups is 1. The molecule has 2 heterocycles. The summed E-state index contributed by atoms with van der Waals surface area (Å²) < 4.78 is 1.99. The second-order valence-electron chi connectivity index (χ2n) is 5.92. The largest absolute Gasteiger partial charge is 0.312 e. The Bertz CT molecular complexity index is 738. The Balaban J connectivity index is 2.06. The molecule has 0 radical (unpaired) electrons. The van der Waals surface area contributed by atoms with Crippen molar-refractivity contribution in [3.05, 3.63) is 22.0 Å². The number of hydrogen-bond donors (Lipinski definition) is 1. The molecule has 21 heavy (non-hydrogen) atoms. The van der Waals surface area contributed by atoms with Crippen molar-refractivity contribution in [1.82, 2.24) is 19.5 Å². The van der Waals surface area contributed by atoms with Crippen LogP contribution in [-0.4, -0.2) is 25.3 Å². The summed E-state index contributed by atoms with van der Waals surface area (Å²) in [4.78, 5) is 34.7. The maximum atomic E-state index is 12.0. The van der Waals surface area contributed by atoms with Gasteiger partial charge in [0.05, 0.1) is 0 Å². The molecule has 3 rings (SSSR count). The molecular weight excluding hydrogens is 268 g/mol. The second kappa shape index (κ2) is 5.42. The summed E-state index contributed by atoms with van der Waals surface area (Å²) in [5.74, 6) is 1.26. The van der Waals surface area contributed by atoms with E-state index < -0.39 is 0 Å². The fraction of sp³-hybridized carbons (Fsp3) is 0.600. The lowest BCUT2D eigenvalue weighted by Gasteiger charge is -2.22. The Labute approximate surface area is 122 Å². The van der Waals surface area contributed by atoms with Gasteiger partial charge in [0, 0.05) is 13.5 Å². The highest BCUT2D eigenvalue weighted by Gasteiger charge is 2.19. The number of imidazole rings is 1. The molecule has 6 heteroatoms. The molecule has 1 aliphatic rings. The molecular formula is C15H20N4O2. The van der Waals surface area contributed by atoms with E-state index in [0.29, 0.717) is 17.1 Å². The van der Waals surface area contributed by atoms with Gasteiger partial charge < -0.3 is 9.55 Å². The maximum Gasteiger partial charge on any atom is 0.279 e. The third-order valence-corrected chi connectivity index (χ3v) is 4.30. The lowest BCUT2D eigenvalue weighted by Crippen LogP contribution is -2.18. The first-order valence-electron chi connectivity index (χ1n) is 7.54. The number of nitrogens with one attached hydrogen (secondary N) is 1. The smallest absolute Gasteiger partial charge is 0.279 e. The van der Waals surface area contributed by atoms with Crippen LogP contribution < -0.4 is 5.56 Å². The van der Waals surface area contributed by atoms with Crippen molar-refractivity contribution < 1.29 is 4.79 Å². The Kier molecular flexibility index (Phi) is 3.61. The highest BCUT2D eigenvalue weighted by atomic mass is 16.1. The van der Waals surface area contributed by atoms with Crippen molar-refractivity contribution in [3.8, 4) is 0 Å². The first kappa shape index (κ1) is 14.0. The van der Waals surface area contributed by atoms with E-state index in [9.17, 15) is 9.59 Å². The standard InChI is InChI=1S/C15H20N4O2/c1-9(20)13-17-14-12(15(21)18-13)16-10(2)19(14)8-11-6-4-3-5-7-11/h11H,3-8H2,1-2H3,(H,17,18,21). The molecule has 0 spiro atoms. The molecule has 1 aliphatic carbocycles. The summed E-state index contributed by atoms with van der Waals surface area (Å²) >= 11 is 0. The normalized spacial score (nSPS) is 16.5. The van der Waals surface area contributed by atoms with Crippen molar-refractivity contribution in [3.63, 3.8) is 0 Å². The van der Waals surface area contributed by atoms with Gasteiger partial charge in [-0.2, -0.15) is 0 Å². The van der Waals surface area contributed by atoms with E-state index >= 15 is 0 Å². The number of aryl methyl sites for hydroxylation is 1. The van der Waals surface area contributed by atoms with Gasteiger partial charge in [0.15, 0.2) is 22.8 Å². The van der Waals surface area contributed by atoms with E-state index in [-0.39, 0.29) is 17.2 Å².